The summed E-state index contributed by atoms with van der Waals surface area (Å²) in [6.07, 6.45) is 1.96. The number of carbonyl (C=O) groups is 2. The van der Waals surface area contributed by atoms with Crippen LogP contribution in [-0.2, 0) is 26.4 Å². The Bertz CT molecular complexity index is 1130. The maximum Gasteiger partial charge on any atom is 0.359 e. The van der Waals surface area contributed by atoms with E-state index in [1.54, 1.807) is 24.3 Å². The molecule has 0 saturated carbocycles. The maximum absolute atomic E-state index is 12.7. The van der Waals surface area contributed by atoms with Crippen molar-refractivity contribution in [2.24, 2.45) is 7.05 Å². The quantitative estimate of drug-likeness (QED) is 0.594. The molecule has 0 N–H and O–H groups in total. The SMILES string of the molecule is CCCCN(C(=O)COC(=O)c1nn(C)c(=O)c2ccccc12)C1CCS(=O)(=O)C1. The van der Waals surface area contributed by atoms with E-state index in [1.165, 1.54) is 11.9 Å². The number of unbranched alkanes of at least 4 members (excludes halogenated alkanes) is 1. The first-order valence-electron chi connectivity index (χ1n) is 9.86. The topological polar surface area (TPSA) is 116 Å². The Hall–Kier alpha value is -2.75. The molecule has 0 aliphatic carbocycles. The Labute approximate surface area is 174 Å². The molecule has 30 heavy (non-hydrogen) atoms. The van der Waals surface area contributed by atoms with Crippen LogP contribution in [0.2, 0.25) is 0 Å². The summed E-state index contributed by atoms with van der Waals surface area (Å²) >= 11 is 0. The molecule has 2 aromatic rings. The van der Waals surface area contributed by atoms with Crippen LogP contribution in [0, 0.1) is 0 Å². The van der Waals surface area contributed by atoms with Crippen molar-refractivity contribution in [1.82, 2.24) is 14.7 Å². The van der Waals surface area contributed by atoms with E-state index in [-0.39, 0.29) is 22.8 Å². The molecule has 10 heteroatoms. The van der Waals surface area contributed by atoms with Gasteiger partial charge >= 0.3 is 5.97 Å². The smallest absolute Gasteiger partial charge is 0.359 e. The van der Waals surface area contributed by atoms with Crippen molar-refractivity contribution in [2.45, 2.75) is 32.2 Å². The van der Waals surface area contributed by atoms with Gasteiger partial charge in [0.2, 0.25) is 0 Å². The number of hydrogen-bond donors (Lipinski definition) is 0. The third-order valence-electron chi connectivity index (χ3n) is 5.20. The minimum atomic E-state index is -3.15. The second-order valence-corrected chi connectivity index (χ2v) is 9.63. The summed E-state index contributed by atoms with van der Waals surface area (Å²) in [6.45, 7) is 1.87. The molecule has 1 atom stereocenters. The third-order valence-corrected chi connectivity index (χ3v) is 6.95. The number of ether oxygens (including phenoxy) is 1. The van der Waals surface area contributed by atoms with Crippen molar-refractivity contribution < 1.29 is 22.7 Å². The van der Waals surface area contributed by atoms with Gasteiger partial charge in [0.25, 0.3) is 11.5 Å². The lowest BCUT2D eigenvalue weighted by Gasteiger charge is -2.28. The second kappa shape index (κ2) is 8.95. The van der Waals surface area contributed by atoms with E-state index in [0.29, 0.717) is 23.7 Å². The van der Waals surface area contributed by atoms with Crippen LogP contribution in [0.15, 0.2) is 29.1 Å². The lowest BCUT2D eigenvalue weighted by atomic mass is 10.1. The van der Waals surface area contributed by atoms with Gasteiger partial charge in [0.05, 0.1) is 16.9 Å². The first-order valence-corrected chi connectivity index (χ1v) is 11.7. The zero-order chi connectivity index (χ0) is 21.9. The molecule has 1 aromatic heterocycles. The summed E-state index contributed by atoms with van der Waals surface area (Å²) in [4.78, 5) is 39.1. The second-order valence-electron chi connectivity index (χ2n) is 7.40. The normalized spacial score (nSPS) is 17.7. The molecule has 3 rings (SSSR count). The minimum absolute atomic E-state index is 0.0518. The Morgan fingerprint density at radius 2 is 1.97 bits per heavy atom. The molecule has 0 radical (unpaired) electrons. The van der Waals surface area contributed by atoms with E-state index in [2.05, 4.69) is 5.10 Å². The van der Waals surface area contributed by atoms with E-state index >= 15 is 0 Å². The Balaban J connectivity index is 1.76. The fourth-order valence-corrected chi connectivity index (χ4v) is 5.32. The molecule has 162 valence electrons. The molecular weight excluding hydrogens is 410 g/mol. The molecule has 2 heterocycles. The van der Waals surface area contributed by atoms with E-state index in [9.17, 15) is 22.8 Å². The molecule has 1 fully saturated rings. The average Bonchev–Trinajstić information content (AvgIpc) is 3.08. The highest BCUT2D eigenvalue weighted by Crippen LogP contribution is 2.19. The fraction of sp³-hybridized carbons (Fsp3) is 0.500. The number of carbonyl (C=O) groups excluding carboxylic acids is 2. The van der Waals surface area contributed by atoms with Gasteiger partial charge in [-0.2, -0.15) is 5.10 Å². The summed E-state index contributed by atoms with van der Waals surface area (Å²) in [5.74, 6) is -1.26. The lowest BCUT2D eigenvalue weighted by Crippen LogP contribution is -2.44. The van der Waals surface area contributed by atoms with Crippen molar-refractivity contribution in [2.75, 3.05) is 24.7 Å². The van der Waals surface area contributed by atoms with Crippen molar-refractivity contribution in [1.29, 1.82) is 0 Å². The maximum atomic E-state index is 12.7. The van der Waals surface area contributed by atoms with Crippen LogP contribution in [0.1, 0.15) is 36.7 Å². The summed E-state index contributed by atoms with van der Waals surface area (Å²) < 4.78 is 29.9. The van der Waals surface area contributed by atoms with E-state index < -0.39 is 34.4 Å². The number of esters is 1. The standard InChI is InChI=1S/C20H25N3O6S/c1-3-4-10-23(14-9-11-30(27,28)13-14)17(24)12-29-20(26)18-15-7-5-6-8-16(15)19(25)22(2)21-18/h5-8,14H,3-4,9-13H2,1-2H3. The average molecular weight is 436 g/mol. The number of benzene rings is 1. The fourth-order valence-electron chi connectivity index (χ4n) is 3.59. The number of hydrogen-bond acceptors (Lipinski definition) is 7. The van der Waals surface area contributed by atoms with Crippen LogP contribution in [0.3, 0.4) is 0 Å². The number of fused-ring (bicyclic) bond motifs is 1. The monoisotopic (exact) mass is 435 g/mol. The van der Waals surface area contributed by atoms with Crippen LogP contribution >= 0.6 is 0 Å². The Morgan fingerprint density at radius 1 is 1.27 bits per heavy atom. The lowest BCUT2D eigenvalue weighted by molar-refractivity contribution is -0.136. The number of aryl methyl sites for hydroxylation is 1. The Kier molecular flexibility index (Phi) is 6.55. The van der Waals surface area contributed by atoms with E-state index in [4.69, 9.17) is 4.74 Å². The van der Waals surface area contributed by atoms with Crippen molar-refractivity contribution in [3.8, 4) is 0 Å². The summed E-state index contributed by atoms with van der Waals surface area (Å²) in [7, 11) is -1.72. The van der Waals surface area contributed by atoms with Crippen LogP contribution < -0.4 is 5.56 Å². The number of amides is 1. The molecule has 1 aliphatic heterocycles. The van der Waals surface area contributed by atoms with Gasteiger partial charge in [-0.15, -0.1) is 0 Å². The minimum Gasteiger partial charge on any atom is -0.451 e. The van der Waals surface area contributed by atoms with Gasteiger partial charge < -0.3 is 9.64 Å². The van der Waals surface area contributed by atoms with Gasteiger partial charge in [0.15, 0.2) is 22.1 Å². The Morgan fingerprint density at radius 3 is 2.60 bits per heavy atom. The number of nitrogens with zero attached hydrogens (tertiary/aromatic N) is 3. The summed E-state index contributed by atoms with van der Waals surface area (Å²) in [5, 5.41) is 4.67. The molecule has 1 saturated heterocycles. The first-order chi connectivity index (χ1) is 14.2. The van der Waals surface area contributed by atoms with Gasteiger partial charge in [-0.3, -0.25) is 9.59 Å². The van der Waals surface area contributed by atoms with Gasteiger partial charge in [0.1, 0.15) is 0 Å². The summed E-state index contributed by atoms with van der Waals surface area (Å²) in [6, 6.07) is 6.15. The van der Waals surface area contributed by atoms with Crippen molar-refractivity contribution in [3.05, 3.63) is 40.3 Å². The molecule has 9 nitrogen and oxygen atoms in total. The number of rotatable bonds is 7. The zero-order valence-electron chi connectivity index (χ0n) is 17.0. The third kappa shape index (κ3) is 4.69. The number of aromatic nitrogens is 2. The van der Waals surface area contributed by atoms with Crippen LogP contribution in [0.5, 0.6) is 0 Å². The highest BCUT2D eigenvalue weighted by Gasteiger charge is 2.34. The predicted octanol–water partition coefficient (Wildman–Crippen LogP) is 0.906. The predicted molar refractivity (Wildman–Crippen MR) is 111 cm³/mol. The first kappa shape index (κ1) is 21.9. The van der Waals surface area contributed by atoms with Crippen LogP contribution in [-0.4, -0.2) is 65.7 Å². The largest absolute Gasteiger partial charge is 0.451 e. The van der Waals surface area contributed by atoms with Gasteiger partial charge in [-0.05, 0) is 18.9 Å². The van der Waals surface area contributed by atoms with Gasteiger partial charge in [0, 0.05) is 25.0 Å². The zero-order valence-corrected chi connectivity index (χ0v) is 17.9. The van der Waals surface area contributed by atoms with E-state index in [0.717, 1.165) is 17.5 Å². The molecule has 0 bridgehead atoms. The van der Waals surface area contributed by atoms with Crippen LogP contribution in [0.4, 0.5) is 0 Å². The van der Waals surface area contributed by atoms with Crippen molar-refractivity contribution >= 4 is 32.5 Å². The highest BCUT2D eigenvalue weighted by molar-refractivity contribution is 7.91. The van der Waals surface area contributed by atoms with Gasteiger partial charge in [-0.1, -0.05) is 31.5 Å². The number of sulfone groups is 1. The van der Waals surface area contributed by atoms with Gasteiger partial charge in [-0.25, -0.2) is 17.9 Å². The highest BCUT2D eigenvalue weighted by atomic mass is 32.2. The molecule has 1 aromatic carbocycles. The molecule has 1 amide bonds. The molecule has 1 unspecified atom stereocenters. The molecule has 0 spiro atoms. The van der Waals surface area contributed by atoms with Crippen LogP contribution in [0.25, 0.3) is 10.8 Å². The molecule has 1 aliphatic rings. The van der Waals surface area contributed by atoms with E-state index in [1.807, 2.05) is 6.92 Å². The summed E-state index contributed by atoms with van der Waals surface area (Å²) in [5.41, 5.74) is -0.393. The van der Waals surface area contributed by atoms with Crippen molar-refractivity contribution in [3.63, 3.8) is 0 Å². The molecular formula is C20H25N3O6S.